The lowest BCUT2D eigenvalue weighted by atomic mass is 9.88. The molecule has 128 valence electrons. The number of likely N-dealkylation sites (tertiary alicyclic amines) is 1. The highest BCUT2D eigenvalue weighted by molar-refractivity contribution is 7.11. The van der Waals surface area contributed by atoms with Crippen LogP contribution in [0.5, 0.6) is 0 Å². The van der Waals surface area contributed by atoms with E-state index in [0.29, 0.717) is 12.0 Å². The molecule has 0 bridgehead atoms. The Bertz CT molecular complexity index is 677. The maximum atomic E-state index is 6.28. The summed E-state index contributed by atoms with van der Waals surface area (Å²) in [6.07, 6.45) is 6.93. The van der Waals surface area contributed by atoms with Gasteiger partial charge in [0, 0.05) is 41.7 Å². The molecule has 2 saturated heterocycles. The molecule has 2 fully saturated rings. The number of anilines is 1. The van der Waals surface area contributed by atoms with Crippen molar-refractivity contribution in [2.75, 3.05) is 25.0 Å². The largest absolute Gasteiger partial charge is 0.371 e. The maximum absolute atomic E-state index is 6.28. The second-order valence-corrected chi connectivity index (χ2v) is 8.31. The summed E-state index contributed by atoms with van der Waals surface area (Å²) in [5.41, 5.74) is -0.00298. The number of aromatic nitrogens is 2. The van der Waals surface area contributed by atoms with Gasteiger partial charge in [-0.2, -0.15) is 0 Å². The van der Waals surface area contributed by atoms with Crippen LogP contribution in [0.3, 0.4) is 0 Å². The molecule has 1 spiro atoms. The van der Waals surface area contributed by atoms with E-state index in [1.807, 2.05) is 17.4 Å². The average Bonchev–Trinajstić information content (AvgIpc) is 3.15. The predicted octanol–water partition coefficient (Wildman–Crippen LogP) is 3.08. The van der Waals surface area contributed by atoms with E-state index in [4.69, 9.17) is 4.74 Å². The summed E-state index contributed by atoms with van der Waals surface area (Å²) < 4.78 is 6.28. The normalized spacial score (nSPS) is 27.6. The Hall–Kier alpha value is -1.50. The van der Waals surface area contributed by atoms with Gasteiger partial charge in [-0.1, -0.05) is 0 Å². The predicted molar refractivity (Wildman–Crippen MR) is 96.3 cm³/mol. The summed E-state index contributed by atoms with van der Waals surface area (Å²) >= 11 is 1.90. The van der Waals surface area contributed by atoms with Crippen LogP contribution >= 0.6 is 11.3 Å². The number of piperidine rings is 1. The number of ether oxygens (including phenoxy) is 1. The van der Waals surface area contributed by atoms with Crippen molar-refractivity contribution in [1.29, 1.82) is 0 Å². The molecule has 2 aliphatic rings. The zero-order valence-corrected chi connectivity index (χ0v) is 14.9. The van der Waals surface area contributed by atoms with Crippen molar-refractivity contribution < 1.29 is 4.74 Å². The van der Waals surface area contributed by atoms with Crippen LogP contribution in [0.15, 0.2) is 30.6 Å². The van der Waals surface area contributed by atoms with Crippen LogP contribution in [0.2, 0.25) is 0 Å². The van der Waals surface area contributed by atoms with Crippen molar-refractivity contribution in [3.8, 4) is 0 Å². The minimum absolute atomic E-state index is 0.00298. The van der Waals surface area contributed by atoms with Gasteiger partial charge in [0.15, 0.2) is 0 Å². The van der Waals surface area contributed by atoms with Gasteiger partial charge >= 0.3 is 0 Å². The van der Waals surface area contributed by atoms with E-state index in [1.54, 1.807) is 12.4 Å². The first-order valence-corrected chi connectivity index (χ1v) is 9.48. The Morgan fingerprint density at radius 3 is 3.04 bits per heavy atom. The first-order chi connectivity index (χ1) is 11.7. The van der Waals surface area contributed by atoms with Crippen LogP contribution < -0.4 is 5.32 Å². The molecule has 5 nitrogen and oxygen atoms in total. The monoisotopic (exact) mass is 344 g/mol. The van der Waals surface area contributed by atoms with Crippen molar-refractivity contribution in [3.05, 3.63) is 40.3 Å². The summed E-state index contributed by atoms with van der Waals surface area (Å²) in [4.78, 5) is 13.9. The molecule has 2 aromatic heterocycles. The van der Waals surface area contributed by atoms with Crippen molar-refractivity contribution in [3.63, 3.8) is 0 Å². The number of hydrogen-bond acceptors (Lipinski definition) is 6. The number of rotatable bonds is 4. The molecule has 6 heteroatoms. The van der Waals surface area contributed by atoms with Crippen LogP contribution in [-0.2, 0) is 11.3 Å². The molecule has 0 aromatic carbocycles. The fraction of sp³-hybridized carbons (Fsp3) is 0.556. The van der Waals surface area contributed by atoms with Gasteiger partial charge in [0.2, 0.25) is 5.95 Å². The van der Waals surface area contributed by atoms with E-state index >= 15 is 0 Å². The summed E-state index contributed by atoms with van der Waals surface area (Å²) in [6, 6.07) is 6.61. The van der Waals surface area contributed by atoms with Gasteiger partial charge in [0.1, 0.15) is 0 Å². The summed E-state index contributed by atoms with van der Waals surface area (Å²) in [7, 11) is 0. The Kier molecular flexibility index (Phi) is 4.52. The Balaban J connectivity index is 1.36. The van der Waals surface area contributed by atoms with E-state index < -0.39 is 0 Å². The topological polar surface area (TPSA) is 50.3 Å². The average molecular weight is 344 g/mol. The Morgan fingerprint density at radius 2 is 2.25 bits per heavy atom. The molecule has 2 aromatic rings. The van der Waals surface area contributed by atoms with Crippen LogP contribution in [-0.4, -0.2) is 46.2 Å². The molecule has 2 aliphatic heterocycles. The van der Waals surface area contributed by atoms with Gasteiger partial charge in [-0.3, -0.25) is 4.90 Å². The fourth-order valence-corrected chi connectivity index (χ4v) is 4.83. The lowest BCUT2D eigenvalue weighted by Crippen LogP contribution is -2.47. The van der Waals surface area contributed by atoms with Crippen molar-refractivity contribution in [2.45, 2.75) is 44.4 Å². The third-order valence-electron chi connectivity index (χ3n) is 4.90. The van der Waals surface area contributed by atoms with E-state index in [2.05, 4.69) is 39.2 Å². The lowest BCUT2D eigenvalue weighted by Gasteiger charge is -2.39. The fourth-order valence-electron chi connectivity index (χ4n) is 3.89. The summed E-state index contributed by atoms with van der Waals surface area (Å²) in [5, 5.41) is 3.42. The molecular weight excluding hydrogens is 320 g/mol. The van der Waals surface area contributed by atoms with E-state index in [1.165, 1.54) is 22.7 Å². The van der Waals surface area contributed by atoms with Crippen LogP contribution in [0, 0.1) is 6.92 Å². The number of nitrogens with zero attached hydrogens (tertiary/aromatic N) is 3. The van der Waals surface area contributed by atoms with E-state index in [-0.39, 0.29) is 5.60 Å². The third kappa shape index (κ3) is 3.61. The minimum atomic E-state index is -0.00298. The smallest absolute Gasteiger partial charge is 0.222 e. The Morgan fingerprint density at radius 1 is 1.38 bits per heavy atom. The molecule has 4 heterocycles. The quantitative estimate of drug-likeness (QED) is 0.924. The molecular formula is C18H24N4OS. The number of hydrogen-bond donors (Lipinski definition) is 1. The van der Waals surface area contributed by atoms with Crippen LogP contribution in [0.1, 0.15) is 29.0 Å². The zero-order valence-electron chi connectivity index (χ0n) is 14.1. The van der Waals surface area contributed by atoms with E-state index in [0.717, 1.165) is 32.5 Å². The third-order valence-corrected chi connectivity index (χ3v) is 5.89. The van der Waals surface area contributed by atoms with Gasteiger partial charge in [-0.15, -0.1) is 11.3 Å². The number of aryl methyl sites for hydroxylation is 1. The molecule has 4 rings (SSSR count). The van der Waals surface area contributed by atoms with Crippen LogP contribution in [0.4, 0.5) is 5.95 Å². The van der Waals surface area contributed by atoms with Gasteiger partial charge in [0.25, 0.3) is 0 Å². The molecule has 0 aliphatic carbocycles. The van der Waals surface area contributed by atoms with Gasteiger partial charge in [-0.25, -0.2) is 9.97 Å². The highest BCUT2D eigenvalue weighted by Gasteiger charge is 2.43. The van der Waals surface area contributed by atoms with E-state index in [9.17, 15) is 0 Å². The molecule has 0 saturated carbocycles. The number of thiophene rings is 1. The molecule has 0 radical (unpaired) electrons. The lowest BCUT2D eigenvalue weighted by molar-refractivity contribution is -0.0531. The van der Waals surface area contributed by atoms with Crippen molar-refractivity contribution >= 4 is 17.3 Å². The van der Waals surface area contributed by atoms with Crippen molar-refractivity contribution in [1.82, 2.24) is 14.9 Å². The van der Waals surface area contributed by atoms with Crippen LogP contribution in [0.25, 0.3) is 0 Å². The Labute approximate surface area is 147 Å². The molecule has 0 amide bonds. The minimum Gasteiger partial charge on any atom is -0.371 e. The highest BCUT2D eigenvalue weighted by atomic mass is 32.1. The van der Waals surface area contributed by atoms with Gasteiger partial charge in [-0.05, 0) is 44.5 Å². The molecule has 2 atom stereocenters. The second kappa shape index (κ2) is 6.78. The molecule has 1 N–H and O–H groups in total. The standard InChI is InChI=1S/C18H24N4OS/c1-14-4-5-16(24-14)11-22-9-2-6-18(13-22)10-15(12-23-18)21-17-19-7-3-8-20-17/h3-5,7-8,15H,2,6,9-13H2,1H3,(H,19,20,21)/t15-,18-/m1/s1. The van der Waals surface area contributed by atoms with Crippen molar-refractivity contribution in [2.24, 2.45) is 0 Å². The summed E-state index contributed by atoms with van der Waals surface area (Å²) in [5.74, 6) is 0.699. The van der Waals surface area contributed by atoms with Gasteiger partial charge in [0.05, 0.1) is 18.2 Å². The molecule has 0 unspecified atom stereocenters. The second-order valence-electron chi connectivity index (χ2n) is 6.94. The molecule has 24 heavy (non-hydrogen) atoms. The maximum Gasteiger partial charge on any atom is 0.222 e. The summed E-state index contributed by atoms with van der Waals surface area (Å²) in [6.45, 7) is 6.15. The highest BCUT2D eigenvalue weighted by Crippen LogP contribution is 2.36. The van der Waals surface area contributed by atoms with Gasteiger partial charge < -0.3 is 10.1 Å². The SMILES string of the molecule is Cc1ccc(CN2CCC[C@@]3(C[C@@H](Nc4ncccn4)CO3)C2)s1. The number of nitrogens with one attached hydrogen (secondary N) is 1. The zero-order chi connectivity index (χ0) is 16.4. The first-order valence-electron chi connectivity index (χ1n) is 8.66. The first kappa shape index (κ1) is 16.0.